The first kappa shape index (κ1) is 15.9. The van der Waals surface area contributed by atoms with Crippen LogP contribution in [0.3, 0.4) is 0 Å². The molecule has 0 spiro atoms. The van der Waals surface area contributed by atoms with Gasteiger partial charge in [-0.05, 0) is 29.7 Å². The molecule has 1 N–H and O–H groups in total. The second-order valence-electron chi connectivity index (χ2n) is 5.22. The molecule has 108 valence electrons. The molecule has 1 aromatic carbocycles. The molecule has 0 aliphatic heterocycles. The summed E-state index contributed by atoms with van der Waals surface area (Å²) in [4.78, 5) is 2.18. The molecular weight excluding hydrogens is 243 g/mol. The molecule has 0 aliphatic carbocycles. The van der Waals surface area contributed by atoms with Crippen LogP contribution in [0.25, 0.3) is 0 Å². The average Bonchev–Trinajstić information content (AvgIpc) is 2.34. The van der Waals surface area contributed by atoms with E-state index in [9.17, 15) is 4.39 Å². The molecule has 19 heavy (non-hydrogen) atoms. The van der Waals surface area contributed by atoms with E-state index >= 15 is 0 Å². The first-order valence-corrected chi connectivity index (χ1v) is 6.73. The minimum atomic E-state index is -0.190. The second-order valence-corrected chi connectivity index (χ2v) is 5.22. The summed E-state index contributed by atoms with van der Waals surface area (Å²) in [6.07, 6.45) is 0. The van der Waals surface area contributed by atoms with Crippen molar-refractivity contribution in [2.75, 3.05) is 38.8 Å². The fourth-order valence-electron chi connectivity index (χ4n) is 2.11. The summed E-state index contributed by atoms with van der Waals surface area (Å²) in [6, 6.07) is 4.97. The highest BCUT2D eigenvalue weighted by Crippen LogP contribution is 2.21. The van der Waals surface area contributed by atoms with Gasteiger partial charge < -0.3 is 15.0 Å². The third kappa shape index (κ3) is 5.57. The van der Waals surface area contributed by atoms with Gasteiger partial charge in [-0.3, -0.25) is 0 Å². The van der Waals surface area contributed by atoms with E-state index in [1.165, 1.54) is 6.07 Å². The number of anilines is 1. The van der Waals surface area contributed by atoms with Crippen molar-refractivity contribution >= 4 is 5.69 Å². The SMILES string of the molecule is COCCNCc1cc(F)ccc1N(C)CC(C)C. The molecular formula is C15H25FN2O. The Morgan fingerprint density at radius 2 is 2.11 bits per heavy atom. The lowest BCUT2D eigenvalue weighted by Crippen LogP contribution is -2.25. The minimum absolute atomic E-state index is 0.190. The topological polar surface area (TPSA) is 24.5 Å². The molecule has 1 rings (SSSR count). The van der Waals surface area contributed by atoms with Gasteiger partial charge in [0.05, 0.1) is 6.61 Å². The van der Waals surface area contributed by atoms with E-state index in [1.54, 1.807) is 13.2 Å². The molecule has 0 aliphatic rings. The molecule has 0 fully saturated rings. The zero-order chi connectivity index (χ0) is 14.3. The standard InChI is InChI=1S/C15H25FN2O/c1-12(2)11-18(3)15-6-5-14(16)9-13(15)10-17-7-8-19-4/h5-6,9,12,17H,7-8,10-11H2,1-4H3. The summed E-state index contributed by atoms with van der Waals surface area (Å²) in [7, 11) is 3.72. The van der Waals surface area contributed by atoms with Crippen LogP contribution < -0.4 is 10.2 Å². The lowest BCUT2D eigenvalue weighted by molar-refractivity contribution is 0.199. The van der Waals surface area contributed by atoms with Crippen molar-refractivity contribution in [2.24, 2.45) is 5.92 Å². The van der Waals surface area contributed by atoms with Gasteiger partial charge in [-0.2, -0.15) is 0 Å². The third-order valence-corrected chi connectivity index (χ3v) is 2.89. The van der Waals surface area contributed by atoms with Crippen LogP contribution in [0.5, 0.6) is 0 Å². The third-order valence-electron chi connectivity index (χ3n) is 2.89. The first-order valence-electron chi connectivity index (χ1n) is 6.73. The number of halogens is 1. The number of nitrogens with one attached hydrogen (secondary N) is 1. The van der Waals surface area contributed by atoms with Gasteiger partial charge in [0.2, 0.25) is 0 Å². The maximum Gasteiger partial charge on any atom is 0.123 e. The predicted octanol–water partition coefficient (Wildman–Crippen LogP) is 2.65. The van der Waals surface area contributed by atoms with Crippen LogP contribution >= 0.6 is 0 Å². The van der Waals surface area contributed by atoms with Gasteiger partial charge in [0.1, 0.15) is 5.82 Å². The van der Waals surface area contributed by atoms with Crippen LogP contribution in [-0.4, -0.2) is 33.9 Å². The van der Waals surface area contributed by atoms with E-state index in [4.69, 9.17) is 4.74 Å². The maximum absolute atomic E-state index is 13.4. The van der Waals surface area contributed by atoms with E-state index in [-0.39, 0.29) is 5.82 Å². The Kier molecular flexibility index (Phi) is 6.81. The maximum atomic E-state index is 13.4. The van der Waals surface area contributed by atoms with Gasteiger partial charge in [-0.25, -0.2) is 4.39 Å². The highest BCUT2D eigenvalue weighted by molar-refractivity contribution is 5.53. The van der Waals surface area contributed by atoms with Crippen molar-refractivity contribution in [1.29, 1.82) is 0 Å². The molecule has 0 atom stereocenters. The summed E-state index contributed by atoms with van der Waals surface area (Å²) >= 11 is 0. The van der Waals surface area contributed by atoms with Gasteiger partial charge in [0, 0.05) is 39.5 Å². The Bertz CT molecular complexity index is 382. The minimum Gasteiger partial charge on any atom is -0.383 e. The van der Waals surface area contributed by atoms with Crippen molar-refractivity contribution in [3.63, 3.8) is 0 Å². The van der Waals surface area contributed by atoms with Gasteiger partial charge in [-0.15, -0.1) is 0 Å². The van der Waals surface area contributed by atoms with Crippen LogP contribution in [0.4, 0.5) is 10.1 Å². The zero-order valence-electron chi connectivity index (χ0n) is 12.4. The van der Waals surface area contributed by atoms with Crippen LogP contribution in [0, 0.1) is 11.7 Å². The van der Waals surface area contributed by atoms with E-state index in [0.29, 0.717) is 19.1 Å². The number of hydrogen-bond donors (Lipinski definition) is 1. The fourth-order valence-corrected chi connectivity index (χ4v) is 2.11. The molecule has 0 unspecified atom stereocenters. The van der Waals surface area contributed by atoms with Crippen LogP contribution in [0.15, 0.2) is 18.2 Å². The molecule has 3 nitrogen and oxygen atoms in total. The molecule has 0 radical (unpaired) electrons. The molecule has 1 aromatic rings. The van der Waals surface area contributed by atoms with Crippen molar-refractivity contribution in [3.05, 3.63) is 29.6 Å². The Hall–Kier alpha value is -1.13. The highest BCUT2D eigenvalue weighted by Gasteiger charge is 2.09. The molecule has 4 heteroatoms. The number of methoxy groups -OCH3 is 1. The first-order chi connectivity index (χ1) is 9.04. The van der Waals surface area contributed by atoms with Gasteiger partial charge in [0.25, 0.3) is 0 Å². The average molecular weight is 268 g/mol. The lowest BCUT2D eigenvalue weighted by atomic mass is 10.1. The summed E-state index contributed by atoms with van der Waals surface area (Å²) < 4.78 is 18.4. The lowest BCUT2D eigenvalue weighted by Gasteiger charge is -2.24. The van der Waals surface area contributed by atoms with Crippen molar-refractivity contribution in [1.82, 2.24) is 5.32 Å². The monoisotopic (exact) mass is 268 g/mol. The van der Waals surface area contributed by atoms with Crippen LogP contribution in [0.1, 0.15) is 19.4 Å². The molecule has 0 saturated carbocycles. The molecule has 0 aromatic heterocycles. The molecule has 0 bridgehead atoms. The molecule has 0 heterocycles. The number of rotatable bonds is 8. The molecule has 0 saturated heterocycles. The second kappa shape index (κ2) is 8.12. The normalized spacial score (nSPS) is 11.1. The fraction of sp³-hybridized carbons (Fsp3) is 0.600. The van der Waals surface area contributed by atoms with Crippen LogP contribution in [0.2, 0.25) is 0 Å². The zero-order valence-corrected chi connectivity index (χ0v) is 12.4. The highest BCUT2D eigenvalue weighted by atomic mass is 19.1. The van der Waals surface area contributed by atoms with Crippen molar-refractivity contribution in [2.45, 2.75) is 20.4 Å². The van der Waals surface area contributed by atoms with E-state index < -0.39 is 0 Å². The summed E-state index contributed by atoms with van der Waals surface area (Å²) in [5.74, 6) is 0.384. The Morgan fingerprint density at radius 1 is 1.37 bits per heavy atom. The van der Waals surface area contributed by atoms with E-state index in [1.807, 2.05) is 13.1 Å². The number of nitrogens with zero attached hydrogens (tertiary/aromatic N) is 1. The summed E-state index contributed by atoms with van der Waals surface area (Å²) in [5.41, 5.74) is 2.07. The Morgan fingerprint density at radius 3 is 2.74 bits per heavy atom. The van der Waals surface area contributed by atoms with Gasteiger partial charge in [-0.1, -0.05) is 13.8 Å². The number of ether oxygens (including phenoxy) is 1. The molecule has 0 amide bonds. The van der Waals surface area contributed by atoms with E-state index in [2.05, 4.69) is 24.1 Å². The van der Waals surface area contributed by atoms with Crippen molar-refractivity contribution < 1.29 is 9.13 Å². The van der Waals surface area contributed by atoms with Gasteiger partial charge >= 0.3 is 0 Å². The van der Waals surface area contributed by atoms with Gasteiger partial charge in [0.15, 0.2) is 0 Å². The van der Waals surface area contributed by atoms with Crippen LogP contribution in [-0.2, 0) is 11.3 Å². The quantitative estimate of drug-likeness (QED) is 0.734. The number of benzene rings is 1. The Labute approximate surface area is 115 Å². The number of hydrogen-bond acceptors (Lipinski definition) is 3. The van der Waals surface area contributed by atoms with Crippen molar-refractivity contribution in [3.8, 4) is 0 Å². The smallest absolute Gasteiger partial charge is 0.123 e. The largest absolute Gasteiger partial charge is 0.383 e. The predicted molar refractivity (Wildman–Crippen MR) is 78.1 cm³/mol. The van der Waals surface area contributed by atoms with E-state index in [0.717, 1.165) is 24.3 Å². The summed E-state index contributed by atoms with van der Waals surface area (Å²) in [6.45, 7) is 7.38. The summed E-state index contributed by atoms with van der Waals surface area (Å²) in [5, 5.41) is 3.26. The Balaban J connectivity index is 2.73.